The van der Waals surface area contributed by atoms with E-state index in [1.54, 1.807) is 0 Å². The van der Waals surface area contributed by atoms with Gasteiger partial charge in [-0.1, -0.05) is 68.3 Å². The summed E-state index contributed by atoms with van der Waals surface area (Å²) in [5.41, 5.74) is 6.29. The average Bonchev–Trinajstić information content (AvgIpc) is 3.03. The van der Waals surface area contributed by atoms with Gasteiger partial charge in [-0.15, -0.1) is 13.2 Å². The van der Waals surface area contributed by atoms with Crippen molar-refractivity contribution in [2.24, 2.45) is 17.4 Å². The summed E-state index contributed by atoms with van der Waals surface area (Å²) in [6.45, 7) is 22.0. The number of nitrogens with zero attached hydrogens (tertiary/aromatic N) is 3. The molecule has 1 aromatic carbocycles. The molecule has 2 heterocycles. The monoisotopic (exact) mass is 401 g/mol. The van der Waals surface area contributed by atoms with Crippen molar-refractivity contribution in [1.29, 1.82) is 0 Å². The zero-order valence-corrected chi connectivity index (χ0v) is 18.9. The molecule has 0 radical (unpaired) electrons. The second kappa shape index (κ2) is 12.7. The number of hydrogen-bond donors (Lipinski definition) is 0. The number of hydrogen-bond acceptors (Lipinski definition) is 3. The smallest absolute Gasteiger partial charge is 0.122 e. The summed E-state index contributed by atoms with van der Waals surface area (Å²) in [6.07, 6.45) is 2.04. The Morgan fingerprint density at radius 3 is 2.04 bits per heavy atom. The van der Waals surface area contributed by atoms with Crippen LogP contribution in [0.25, 0.3) is 5.57 Å². The summed E-state index contributed by atoms with van der Waals surface area (Å²) in [6, 6.07) is 7.50. The number of oxime groups is 2. The van der Waals surface area contributed by atoms with Crippen LogP contribution >= 0.6 is 11.6 Å². The fraction of sp³-hybridized carbons (Fsp3) is 0.304. The summed E-state index contributed by atoms with van der Waals surface area (Å²) in [5.74, 6) is 0. The lowest BCUT2D eigenvalue weighted by Gasteiger charge is -2.13. The van der Waals surface area contributed by atoms with Gasteiger partial charge in [-0.2, -0.15) is 0 Å². The molecule has 0 fully saturated rings. The third-order valence-corrected chi connectivity index (χ3v) is 4.16. The summed E-state index contributed by atoms with van der Waals surface area (Å²) >= 11 is 5.98. The van der Waals surface area contributed by atoms with Crippen molar-refractivity contribution in [2.75, 3.05) is 0 Å². The van der Waals surface area contributed by atoms with Crippen LogP contribution in [-0.4, -0.2) is 16.0 Å². The summed E-state index contributed by atoms with van der Waals surface area (Å²) in [5, 5.41) is 8.89. The van der Waals surface area contributed by atoms with E-state index in [4.69, 9.17) is 16.5 Å². The van der Waals surface area contributed by atoms with Crippen LogP contribution < -0.4 is 0 Å². The number of allylic oxidation sites excluding steroid dienone is 1. The van der Waals surface area contributed by atoms with E-state index in [1.807, 2.05) is 79.1 Å². The van der Waals surface area contributed by atoms with Crippen molar-refractivity contribution in [3.8, 4) is 0 Å². The SMILES string of the molecule is C=C.C=C1/C(C)=N\O/N=C(/c2ccc(Cl)cc2)c2c1cn(C)c2C.CC.CC. The molecule has 0 aliphatic carbocycles. The first-order valence-electron chi connectivity index (χ1n) is 9.39. The van der Waals surface area contributed by atoms with Gasteiger partial charge in [-0.05, 0) is 26.0 Å². The fourth-order valence-electron chi connectivity index (χ4n) is 2.48. The normalized spacial score (nSPS) is 15.6. The number of fused-ring (bicyclic) bond motifs is 1. The molecule has 0 spiro atoms. The van der Waals surface area contributed by atoms with E-state index < -0.39 is 0 Å². The van der Waals surface area contributed by atoms with Gasteiger partial charge in [0.15, 0.2) is 0 Å². The first-order valence-corrected chi connectivity index (χ1v) is 9.77. The number of halogens is 1. The maximum absolute atomic E-state index is 5.98. The molecule has 0 bridgehead atoms. The predicted octanol–water partition coefficient (Wildman–Crippen LogP) is 7.01. The highest BCUT2D eigenvalue weighted by Crippen LogP contribution is 2.29. The van der Waals surface area contributed by atoms with Crippen molar-refractivity contribution in [3.63, 3.8) is 0 Å². The Morgan fingerprint density at radius 2 is 1.50 bits per heavy atom. The molecule has 5 heteroatoms. The maximum atomic E-state index is 5.98. The summed E-state index contributed by atoms with van der Waals surface area (Å²) in [7, 11) is 2.00. The summed E-state index contributed by atoms with van der Waals surface area (Å²) in [4.78, 5) is 5.15. The van der Waals surface area contributed by atoms with E-state index in [1.165, 1.54) is 0 Å². The van der Waals surface area contributed by atoms with Crippen LogP contribution in [0.1, 0.15) is 57.0 Å². The van der Waals surface area contributed by atoms with E-state index in [2.05, 4.69) is 34.6 Å². The second-order valence-electron chi connectivity index (χ2n) is 5.30. The minimum absolute atomic E-state index is 0.680. The number of benzene rings is 1. The van der Waals surface area contributed by atoms with E-state index >= 15 is 0 Å². The first kappa shape index (κ1) is 25.4. The lowest BCUT2D eigenvalue weighted by Crippen LogP contribution is -2.11. The maximum Gasteiger partial charge on any atom is 0.122 e. The lowest BCUT2D eigenvalue weighted by molar-refractivity contribution is 0.156. The topological polar surface area (TPSA) is 38.9 Å². The van der Waals surface area contributed by atoms with Crippen molar-refractivity contribution in [2.45, 2.75) is 41.5 Å². The third kappa shape index (κ3) is 5.70. The molecule has 28 heavy (non-hydrogen) atoms. The van der Waals surface area contributed by atoms with Crippen molar-refractivity contribution >= 4 is 28.6 Å². The average molecular weight is 402 g/mol. The zero-order chi connectivity index (χ0) is 21.9. The standard InChI is InChI=1S/C17H16ClN3O.2C2H6.C2H4/c1-10-11(2)19-22-20-17(13-5-7-14(18)8-6-13)16-12(3)21(4)9-15(10)16;3*1-2/h5-9H,1H2,2-4H3;2*1-2H3;1-2H2/b19-11-,20-17-;;;. The third-order valence-electron chi connectivity index (χ3n) is 3.91. The van der Waals surface area contributed by atoms with Crippen molar-refractivity contribution in [3.05, 3.63) is 77.6 Å². The van der Waals surface area contributed by atoms with Crippen LogP contribution in [0.4, 0.5) is 0 Å². The molecule has 2 aromatic rings. The van der Waals surface area contributed by atoms with Crippen molar-refractivity contribution < 1.29 is 4.94 Å². The van der Waals surface area contributed by atoms with E-state index in [-0.39, 0.29) is 0 Å². The van der Waals surface area contributed by atoms with Crippen LogP contribution in [0.3, 0.4) is 0 Å². The minimum Gasteiger partial charge on any atom is -0.353 e. The quantitative estimate of drug-likeness (QED) is 0.473. The molecule has 1 aliphatic rings. The molecule has 1 aliphatic heterocycles. The molecule has 4 nitrogen and oxygen atoms in total. The molecule has 0 atom stereocenters. The lowest BCUT2D eigenvalue weighted by atomic mass is 9.94. The number of aromatic nitrogens is 1. The Labute approximate surface area is 174 Å². The Balaban J connectivity index is 0.00000111. The molecule has 0 amide bonds. The fourth-order valence-corrected chi connectivity index (χ4v) is 2.60. The largest absolute Gasteiger partial charge is 0.353 e. The van der Waals surface area contributed by atoms with Gasteiger partial charge in [0.1, 0.15) is 5.71 Å². The van der Waals surface area contributed by atoms with E-state index in [0.29, 0.717) is 10.7 Å². The minimum atomic E-state index is 0.680. The Morgan fingerprint density at radius 1 is 0.964 bits per heavy atom. The van der Waals surface area contributed by atoms with Crippen LogP contribution in [0.5, 0.6) is 0 Å². The van der Waals surface area contributed by atoms with Gasteiger partial charge >= 0.3 is 0 Å². The molecular weight excluding hydrogens is 370 g/mol. The summed E-state index contributed by atoms with van der Waals surface area (Å²) < 4.78 is 2.06. The highest BCUT2D eigenvalue weighted by molar-refractivity contribution is 6.31. The zero-order valence-electron chi connectivity index (χ0n) is 18.1. The number of rotatable bonds is 1. The molecule has 3 rings (SSSR count). The Kier molecular flexibility index (Phi) is 11.6. The second-order valence-corrected chi connectivity index (χ2v) is 5.73. The highest BCUT2D eigenvalue weighted by Gasteiger charge is 2.23. The van der Waals surface area contributed by atoms with Crippen molar-refractivity contribution in [1.82, 2.24) is 4.57 Å². The molecule has 152 valence electrons. The van der Waals surface area contributed by atoms with Gasteiger partial charge in [0.2, 0.25) is 0 Å². The van der Waals surface area contributed by atoms with Crippen LogP contribution in [0.15, 0.2) is 60.5 Å². The van der Waals surface area contributed by atoms with Gasteiger partial charge in [-0.25, -0.2) is 4.94 Å². The van der Waals surface area contributed by atoms with Crippen LogP contribution in [0, 0.1) is 6.92 Å². The Bertz CT molecular complexity index is 830. The van der Waals surface area contributed by atoms with Gasteiger partial charge in [0.05, 0.1) is 5.71 Å². The molecule has 1 aromatic heterocycles. The first-order chi connectivity index (χ1) is 13.5. The Hall–Kier alpha value is -2.59. The molecule has 0 N–H and O–H groups in total. The van der Waals surface area contributed by atoms with E-state index in [0.717, 1.165) is 33.7 Å². The van der Waals surface area contributed by atoms with E-state index in [9.17, 15) is 0 Å². The number of aryl methyl sites for hydroxylation is 1. The van der Waals surface area contributed by atoms with Crippen LogP contribution in [-0.2, 0) is 12.0 Å². The van der Waals surface area contributed by atoms with Gasteiger partial charge in [-0.3, -0.25) is 0 Å². The molecule has 0 saturated carbocycles. The molecule has 0 unspecified atom stereocenters. The predicted molar refractivity (Wildman–Crippen MR) is 124 cm³/mol. The van der Waals surface area contributed by atoms with Gasteiger partial charge < -0.3 is 4.57 Å². The molecular formula is C23H32ClN3O. The van der Waals surface area contributed by atoms with Gasteiger partial charge in [0.25, 0.3) is 0 Å². The molecule has 0 saturated heterocycles. The van der Waals surface area contributed by atoms with Crippen LogP contribution in [0.2, 0.25) is 5.02 Å². The highest BCUT2D eigenvalue weighted by atomic mass is 35.5. The van der Waals surface area contributed by atoms with Gasteiger partial charge in [0, 0.05) is 46.2 Å².